The molecule has 1 aromatic heterocycles. The number of benzene rings is 2. The van der Waals surface area contributed by atoms with Gasteiger partial charge in [0.25, 0.3) is 11.5 Å². The highest BCUT2D eigenvalue weighted by Gasteiger charge is 2.22. The summed E-state index contributed by atoms with van der Waals surface area (Å²) in [6.45, 7) is 6.55. The number of pyridine rings is 1. The van der Waals surface area contributed by atoms with Crippen LogP contribution in [0.2, 0.25) is 0 Å². The maximum Gasteiger partial charge on any atom is 0.267 e. The molecule has 31 heavy (non-hydrogen) atoms. The van der Waals surface area contributed by atoms with Crippen LogP contribution in [0.5, 0.6) is 5.75 Å². The third-order valence-electron chi connectivity index (χ3n) is 5.75. The molecular formula is C26H32N2O3. The van der Waals surface area contributed by atoms with E-state index < -0.39 is 11.5 Å². The number of nitrogens with zero attached hydrogens (tertiary/aromatic N) is 1. The van der Waals surface area contributed by atoms with Crippen molar-refractivity contribution in [1.82, 2.24) is 4.57 Å². The Morgan fingerprint density at radius 2 is 1.71 bits per heavy atom. The lowest BCUT2D eigenvalue weighted by Crippen LogP contribution is -2.30. The van der Waals surface area contributed by atoms with Gasteiger partial charge in [-0.3, -0.25) is 9.59 Å². The minimum atomic E-state index is -0.585. The lowest BCUT2D eigenvalue weighted by Gasteiger charge is -2.16. The highest BCUT2D eigenvalue weighted by molar-refractivity contribution is 6.09. The van der Waals surface area contributed by atoms with Gasteiger partial charge < -0.3 is 15.0 Å². The van der Waals surface area contributed by atoms with Gasteiger partial charge in [0.05, 0.1) is 5.52 Å². The van der Waals surface area contributed by atoms with E-state index in [1.807, 2.05) is 44.2 Å². The fourth-order valence-electron chi connectivity index (χ4n) is 3.92. The first-order chi connectivity index (χ1) is 14.9. The number of hydrogen-bond acceptors (Lipinski definition) is 3. The Balaban J connectivity index is 1.94. The molecule has 0 aliphatic carbocycles. The molecule has 0 aliphatic heterocycles. The number of para-hydroxylation sites is 1. The molecule has 0 radical (unpaired) electrons. The molecule has 2 N–H and O–H groups in total. The fourth-order valence-corrected chi connectivity index (χ4v) is 3.92. The number of carbonyl (C=O) groups is 1. The van der Waals surface area contributed by atoms with E-state index in [2.05, 4.69) is 12.2 Å². The molecule has 3 aromatic rings. The summed E-state index contributed by atoms with van der Waals surface area (Å²) in [4.78, 5) is 26.4. The van der Waals surface area contributed by atoms with Crippen molar-refractivity contribution in [3.05, 3.63) is 69.5 Å². The van der Waals surface area contributed by atoms with Gasteiger partial charge in [0, 0.05) is 17.6 Å². The maximum atomic E-state index is 13.3. The molecular weight excluding hydrogens is 388 g/mol. The lowest BCUT2D eigenvalue weighted by molar-refractivity contribution is 0.102. The van der Waals surface area contributed by atoms with Crippen LogP contribution in [0, 0.1) is 13.8 Å². The minimum Gasteiger partial charge on any atom is -0.506 e. The SMILES string of the molecule is CCCCCCCCn1c(=O)c(C(=O)Nc2cc(C)ccc2C)c(O)c2ccccc21. The van der Waals surface area contributed by atoms with Crippen LogP contribution < -0.4 is 10.9 Å². The standard InChI is InChI=1S/C26H32N2O3/c1-4-5-6-7-8-11-16-28-22-13-10-9-12-20(22)24(29)23(26(28)31)25(30)27-21-17-18(2)14-15-19(21)3/h9-10,12-15,17,29H,4-8,11,16H2,1-3H3,(H,27,30). The topological polar surface area (TPSA) is 71.3 Å². The van der Waals surface area contributed by atoms with Crippen LogP contribution >= 0.6 is 0 Å². The zero-order chi connectivity index (χ0) is 22.4. The molecule has 0 saturated carbocycles. The third-order valence-corrected chi connectivity index (χ3v) is 5.75. The van der Waals surface area contributed by atoms with Crippen LogP contribution in [-0.4, -0.2) is 15.6 Å². The number of fused-ring (bicyclic) bond motifs is 1. The van der Waals surface area contributed by atoms with Gasteiger partial charge in [0.15, 0.2) is 0 Å². The van der Waals surface area contributed by atoms with E-state index in [-0.39, 0.29) is 11.3 Å². The Bertz CT molecular complexity index is 1130. The van der Waals surface area contributed by atoms with Crippen molar-refractivity contribution in [2.75, 3.05) is 5.32 Å². The summed E-state index contributed by atoms with van der Waals surface area (Å²) in [7, 11) is 0. The molecule has 1 heterocycles. The van der Waals surface area contributed by atoms with Crippen molar-refractivity contribution in [1.29, 1.82) is 0 Å². The number of unbranched alkanes of at least 4 members (excludes halogenated alkanes) is 5. The third kappa shape index (κ3) is 5.16. The molecule has 164 valence electrons. The van der Waals surface area contributed by atoms with Crippen LogP contribution in [0.4, 0.5) is 5.69 Å². The summed E-state index contributed by atoms with van der Waals surface area (Å²) in [6, 6.07) is 13.0. The Kier molecular flexibility index (Phi) is 7.50. The molecule has 0 aliphatic rings. The number of anilines is 1. The second-order valence-corrected chi connectivity index (χ2v) is 8.24. The van der Waals surface area contributed by atoms with Gasteiger partial charge in [0.1, 0.15) is 11.3 Å². The molecule has 0 fully saturated rings. The van der Waals surface area contributed by atoms with E-state index >= 15 is 0 Å². The highest BCUT2D eigenvalue weighted by atomic mass is 16.3. The van der Waals surface area contributed by atoms with E-state index in [0.717, 1.165) is 30.4 Å². The van der Waals surface area contributed by atoms with Crippen LogP contribution in [0.15, 0.2) is 47.3 Å². The summed E-state index contributed by atoms with van der Waals surface area (Å²) in [5.41, 5.74) is 2.54. The predicted octanol–water partition coefficient (Wildman–Crippen LogP) is 5.94. The predicted molar refractivity (Wildman–Crippen MR) is 127 cm³/mol. The molecule has 0 spiro atoms. The smallest absolute Gasteiger partial charge is 0.267 e. The van der Waals surface area contributed by atoms with Gasteiger partial charge in [-0.1, -0.05) is 63.3 Å². The largest absolute Gasteiger partial charge is 0.506 e. The molecule has 0 bridgehead atoms. The Labute approximate surface area is 183 Å². The number of carbonyl (C=O) groups excluding carboxylic acids is 1. The Hall–Kier alpha value is -3.08. The number of rotatable bonds is 9. The van der Waals surface area contributed by atoms with Gasteiger partial charge in [-0.25, -0.2) is 0 Å². The first-order valence-electron chi connectivity index (χ1n) is 11.2. The number of amides is 1. The average Bonchev–Trinajstić information content (AvgIpc) is 2.75. The first-order valence-corrected chi connectivity index (χ1v) is 11.2. The van der Waals surface area contributed by atoms with Gasteiger partial charge in [0.2, 0.25) is 0 Å². The van der Waals surface area contributed by atoms with Crippen LogP contribution in [0.1, 0.15) is 66.9 Å². The molecule has 2 aromatic carbocycles. The quantitative estimate of drug-likeness (QED) is 0.421. The molecule has 0 unspecified atom stereocenters. The van der Waals surface area contributed by atoms with Crippen molar-refractivity contribution in [3.63, 3.8) is 0 Å². The molecule has 5 heteroatoms. The van der Waals surface area contributed by atoms with Crippen molar-refractivity contribution in [3.8, 4) is 5.75 Å². The highest BCUT2D eigenvalue weighted by Crippen LogP contribution is 2.27. The minimum absolute atomic E-state index is 0.203. The van der Waals surface area contributed by atoms with E-state index in [1.54, 1.807) is 16.7 Å². The number of nitrogens with one attached hydrogen (secondary N) is 1. The van der Waals surface area contributed by atoms with Crippen molar-refractivity contribution in [2.24, 2.45) is 0 Å². The van der Waals surface area contributed by atoms with E-state index in [9.17, 15) is 14.7 Å². The number of aromatic nitrogens is 1. The van der Waals surface area contributed by atoms with E-state index in [0.29, 0.717) is 23.1 Å². The van der Waals surface area contributed by atoms with Crippen molar-refractivity contribution < 1.29 is 9.90 Å². The normalized spacial score (nSPS) is 11.1. The Morgan fingerprint density at radius 3 is 2.48 bits per heavy atom. The summed E-state index contributed by atoms with van der Waals surface area (Å²) in [5, 5.41) is 14.2. The van der Waals surface area contributed by atoms with Crippen molar-refractivity contribution >= 4 is 22.5 Å². The fraction of sp³-hybridized carbons (Fsp3) is 0.385. The van der Waals surface area contributed by atoms with Gasteiger partial charge in [-0.15, -0.1) is 0 Å². The summed E-state index contributed by atoms with van der Waals surface area (Å²) < 4.78 is 1.63. The molecule has 0 atom stereocenters. The zero-order valence-corrected chi connectivity index (χ0v) is 18.7. The molecule has 1 amide bonds. The lowest BCUT2D eigenvalue weighted by atomic mass is 10.1. The average molecular weight is 421 g/mol. The van der Waals surface area contributed by atoms with Crippen molar-refractivity contribution in [2.45, 2.75) is 65.8 Å². The second-order valence-electron chi connectivity index (χ2n) is 8.24. The summed E-state index contributed by atoms with van der Waals surface area (Å²) in [5.74, 6) is -0.846. The first kappa shape index (κ1) is 22.6. The van der Waals surface area contributed by atoms with Gasteiger partial charge in [-0.2, -0.15) is 0 Å². The Morgan fingerprint density at radius 1 is 1.00 bits per heavy atom. The molecule has 0 saturated heterocycles. The number of hydrogen-bond donors (Lipinski definition) is 2. The monoisotopic (exact) mass is 420 g/mol. The van der Waals surface area contributed by atoms with Gasteiger partial charge >= 0.3 is 0 Å². The van der Waals surface area contributed by atoms with Gasteiger partial charge in [-0.05, 0) is 49.6 Å². The summed E-state index contributed by atoms with van der Waals surface area (Å²) >= 11 is 0. The number of aryl methyl sites for hydroxylation is 3. The molecule has 5 nitrogen and oxygen atoms in total. The summed E-state index contributed by atoms with van der Waals surface area (Å²) in [6.07, 6.45) is 6.65. The van der Waals surface area contributed by atoms with E-state index in [1.165, 1.54) is 19.3 Å². The zero-order valence-electron chi connectivity index (χ0n) is 18.7. The molecule has 3 rings (SSSR count). The number of aromatic hydroxyl groups is 1. The maximum absolute atomic E-state index is 13.3. The second kappa shape index (κ2) is 10.3. The van der Waals surface area contributed by atoms with Crippen LogP contribution in [0.25, 0.3) is 10.9 Å². The van der Waals surface area contributed by atoms with Crippen LogP contribution in [-0.2, 0) is 6.54 Å². The van der Waals surface area contributed by atoms with E-state index in [4.69, 9.17) is 0 Å². The van der Waals surface area contributed by atoms with Crippen LogP contribution in [0.3, 0.4) is 0 Å².